The molecule has 0 aliphatic carbocycles. The van der Waals surface area contributed by atoms with E-state index in [1.54, 1.807) is 6.92 Å². The number of carbonyl (C=O) groups is 1. The summed E-state index contributed by atoms with van der Waals surface area (Å²) in [7, 11) is 0. The van der Waals surface area contributed by atoms with Gasteiger partial charge < -0.3 is 9.21 Å². The molecule has 0 unspecified atom stereocenters. The fourth-order valence-electron chi connectivity index (χ4n) is 1.67. The maximum atomic E-state index is 10.8. The van der Waals surface area contributed by atoms with E-state index >= 15 is 0 Å². The van der Waals surface area contributed by atoms with Crippen molar-refractivity contribution in [2.75, 3.05) is 5.75 Å². The third-order valence-electron chi connectivity index (χ3n) is 2.68. The highest BCUT2D eigenvalue weighted by Gasteiger charge is 2.10. The minimum atomic E-state index is 0.215. The van der Waals surface area contributed by atoms with Crippen molar-refractivity contribution in [3.63, 3.8) is 0 Å². The summed E-state index contributed by atoms with van der Waals surface area (Å²) in [4.78, 5) is 10.8. The Bertz CT molecular complexity index is 566. The first kappa shape index (κ1) is 13.8. The Labute approximate surface area is 116 Å². The summed E-state index contributed by atoms with van der Waals surface area (Å²) in [6.07, 6.45) is 1.44. The predicted molar refractivity (Wildman–Crippen MR) is 75.1 cm³/mol. The van der Waals surface area contributed by atoms with Gasteiger partial charge in [-0.3, -0.25) is 0 Å². The fourth-order valence-corrected chi connectivity index (χ4v) is 2.37. The molecule has 1 aromatic carbocycles. The molecule has 0 saturated heterocycles. The number of rotatable bonds is 6. The Balaban J connectivity index is 1.96. The Hall–Kier alpha value is -1.62. The van der Waals surface area contributed by atoms with E-state index in [1.165, 1.54) is 11.8 Å². The molecule has 4 nitrogen and oxygen atoms in total. The first-order valence-electron chi connectivity index (χ1n) is 6.18. The lowest BCUT2D eigenvalue weighted by atomic mass is 10.1. The summed E-state index contributed by atoms with van der Waals surface area (Å²) >= 11 is 1.49. The number of benzene rings is 1. The number of thioether (sulfide) groups is 1. The Morgan fingerprint density at radius 1 is 1.32 bits per heavy atom. The third kappa shape index (κ3) is 3.92. The number of aryl methyl sites for hydroxylation is 1. The van der Waals surface area contributed by atoms with Gasteiger partial charge in [0, 0.05) is 17.7 Å². The molecule has 0 aliphatic heterocycles. The van der Waals surface area contributed by atoms with Gasteiger partial charge >= 0.3 is 0 Å². The molecule has 1 aromatic heterocycles. The van der Waals surface area contributed by atoms with Crippen molar-refractivity contribution in [3.8, 4) is 11.5 Å². The van der Waals surface area contributed by atoms with E-state index < -0.39 is 0 Å². The second-order valence-electron chi connectivity index (χ2n) is 4.34. The van der Waals surface area contributed by atoms with Crippen LogP contribution in [0.5, 0.6) is 0 Å². The van der Waals surface area contributed by atoms with E-state index in [0.717, 1.165) is 23.3 Å². The van der Waals surface area contributed by atoms with Gasteiger partial charge in [0.25, 0.3) is 5.22 Å². The summed E-state index contributed by atoms with van der Waals surface area (Å²) < 4.78 is 5.61. The molecule has 0 spiro atoms. The molecule has 0 saturated carbocycles. The zero-order valence-corrected chi connectivity index (χ0v) is 11.9. The van der Waals surface area contributed by atoms with Gasteiger partial charge in [-0.05, 0) is 31.9 Å². The largest absolute Gasteiger partial charge is 0.411 e. The number of hydrogen-bond donors (Lipinski definition) is 0. The SMILES string of the molecule is CC(=O)CCCSc1nnc(-c2ccccc2C)o1. The normalized spacial score (nSPS) is 10.6. The van der Waals surface area contributed by atoms with E-state index in [4.69, 9.17) is 4.42 Å². The average molecular weight is 276 g/mol. The van der Waals surface area contributed by atoms with Gasteiger partial charge in [0.1, 0.15) is 5.78 Å². The van der Waals surface area contributed by atoms with Crippen LogP contribution >= 0.6 is 11.8 Å². The van der Waals surface area contributed by atoms with Crippen LogP contribution in [0.3, 0.4) is 0 Å². The van der Waals surface area contributed by atoms with E-state index in [0.29, 0.717) is 17.5 Å². The van der Waals surface area contributed by atoms with Crippen molar-refractivity contribution in [2.45, 2.75) is 31.9 Å². The Kier molecular flexibility index (Phi) is 4.74. The van der Waals surface area contributed by atoms with Crippen molar-refractivity contribution in [2.24, 2.45) is 0 Å². The summed E-state index contributed by atoms with van der Waals surface area (Å²) in [5, 5.41) is 8.63. The zero-order chi connectivity index (χ0) is 13.7. The average Bonchev–Trinajstić information content (AvgIpc) is 2.83. The maximum Gasteiger partial charge on any atom is 0.276 e. The van der Waals surface area contributed by atoms with Gasteiger partial charge in [-0.1, -0.05) is 30.0 Å². The van der Waals surface area contributed by atoms with Crippen LogP contribution in [-0.4, -0.2) is 21.7 Å². The molecule has 1 heterocycles. The number of aromatic nitrogens is 2. The van der Waals surface area contributed by atoms with Crippen molar-refractivity contribution in [1.82, 2.24) is 10.2 Å². The summed E-state index contributed by atoms with van der Waals surface area (Å²) in [5.74, 6) is 1.58. The van der Waals surface area contributed by atoms with Gasteiger partial charge in [-0.15, -0.1) is 10.2 Å². The Morgan fingerprint density at radius 2 is 2.11 bits per heavy atom. The quantitative estimate of drug-likeness (QED) is 0.597. The van der Waals surface area contributed by atoms with Gasteiger partial charge in [0.15, 0.2) is 0 Å². The standard InChI is InChI=1S/C14H16N2O2S/c1-10-6-3-4-8-12(10)13-15-16-14(18-13)19-9-5-7-11(2)17/h3-4,6,8H,5,7,9H2,1-2H3. The summed E-state index contributed by atoms with van der Waals surface area (Å²) in [6.45, 7) is 3.62. The predicted octanol–water partition coefficient (Wildman–Crippen LogP) is 3.51. The third-order valence-corrected chi connectivity index (χ3v) is 3.59. The van der Waals surface area contributed by atoms with Crippen LogP contribution in [0.25, 0.3) is 11.5 Å². The minimum absolute atomic E-state index is 0.215. The smallest absolute Gasteiger partial charge is 0.276 e. The molecular weight excluding hydrogens is 260 g/mol. The number of nitrogens with zero attached hydrogens (tertiary/aromatic N) is 2. The highest BCUT2D eigenvalue weighted by atomic mass is 32.2. The van der Waals surface area contributed by atoms with Crippen molar-refractivity contribution < 1.29 is 9.21 Å². The van der Waals surface area contributed by atoms with Gasteiger partial charge in [-0.2, -0.15) is 0 Å². The van der Waals surface area contributed by atoms with Gasteiger partial charge in [0.2, 0.25) is 5.89 Å². The monoisotopic (exact) mass is 276 g/mol. The zero-order valence-electron chi connectivity index (χ0n) is 11.0. The van der Waals surface area contributed by atoms with Crippen molar-refractivity contribution >= 4 is 17.5 Å². The summed E-state index contributed by atoms with van der Waals surface area (Å²) in [6, 6.07) is 7.91. The molecule has 0 bridgehead atoms. The first-order chi connectivity index (χ1) is 9.16. The molecule has 0 radical (unpaired) electrons. The molecule has 0 aliphatic rings. The van der Waals surface area contributed by atoms with Crippen molar-refractivity contribution in [1.29, 1.82) is 0 Å². The highest BCUT2D eigenvalue weighted by molar-refractivity contribution is 7.99. The van der Waals surface area contributed by atoms with Crippen molar-refractivity contribution in [3.05, 3.63) is 29.8 Å². The van der Waals surface area contributed by atoms with Gasteiger partial charge in [-0.25, -0.2) is 0 Å². The van der Waals surface area contributed by atoms with Crippen LogP contribution in [-0.2, 0) is 4.79 Å². The molecule has 19 heavy (non-hydrogen) atoms. The molecule has 0 amide bonds. The molecule has 0 fully saturated rings. The minimum Gasteiger partial charge on any atom is -0.411 e. The summed E-state index contributed by atoms with van der Waals surface area (Å²) in [5.41, 5.74) is 2.07. The van der Waals surface area contributed by atoms with Gasteiger partial charge in [0.05, 0.1) is 0 Å². The van der Waals surface area contributed by atoms with E-state index in [1.807, 2.05) is 31.2 Å². The molecule has 0 N–H and O–H groups in total. The second-order valence-corrected chi connectivity index (χ2v) is 5.39. The lowest BCUT2D eigenvalue weighted by Crippen LogP contribution is -1.90. The number of hydrogen-bond acceptors (Lipinski definition) is 5. The highest BCUT2D eigenvalue weighted by Crippen LogP contribution is 2.25. The van der Waals surface area contributed by atoms with Crippen LogP contribution in [0.4, 0.5) is 0 Å². The van der Waals surface area contributed by atoms with Crippen LogP contribution in [0.1, 0.15) is 25.3 Å². The van der Waals surface area contributed by atoms with Crippen LogP contribution < -0.4 is 0 Å². The second kappa shape index (κ2) is 6.52. The number of Topliss-reactive ketones (excluding diaryl/α,β-unsaturated/α-hetero) is 1. The van der Waals surface area contributed by atoms with E-state index in [2.05, 4.69) is 10.2 Å². The molecule has 2 aromatic rings. The van der Waals surface area contributed by atoms with Crippen LogP contribution in [0.15, 0.2) is 33.9 Å². The molecule has 0 atom stereocenters. The number of ketones is 1. The van der Waals surface area contributed by atoms with Crippen LogP contribution in [0, 0.1) is 6.92 Å². The molecule has 2 rings (SSSR count). The number of carbonyl (C=O) groups excluding carboxylic acids is 1. The Morgan fingerprint density at radius 3 is 2.84 bits per heavy atom. The first-order valence-corrected chi connectivity index (χ1v) is 7.17. The molecular formula is C14H16N2O2S. The lowest BCUT2D eigenvalue weighted by Gasteiger charge is -1.98. The van der Waals surface area contributed by atoms with E-state index in [9.17, 15) is 4.79 Å². The maximum absolute atomic E-state index is 10.8. The fraction of sp³-hybridized carbons (Fsp3) is 0.357. The van der Waals surface area contributed by atoms with E-state index in [-0.39, 0.29) is 5.78 Å². The lowest BCUT2D eigenvalue weighted by molar-refractivity contribution is -0.117. The molecule has 100 valence electrons. The van der Waals surface area contributed by atoms with Crippen LogP contribution in [0.2, 0.25) is 0 Å². The topological polar surface area (TPSA) is 56.0 Å². The molecule has 5 heteroatoms.